The van der Waals surface area contributed by atoms with Crippen LogP contribution >= 0.6 is 0 Å². The number of carbonyl (C=O) groups is 2. The lowest BCUT2D eigenvalue weighted by atomic mass is 9.92. The third-order valence-electron chi connectivity index (χ3n) is 3.33. The summed E-state index contributed by atoms with van der Waals surface area (Å²) in [7, 11) is 0. The van der Waals surface area contributed by atoms with E-state index >= 15 is 0 Å². The number of aliphatic carboxylic acids is 1. The number of carboxylic acids is 1. The summed E-state index contributed by atoms with van der Waals surface area (Å²) < 4.78 is 5.29. The van der Waals surface area contributed by atoms with Crippen molar-refractivity contribution in [3.8, 4) is 0 Å². The Hall–Kier alpha value is -1.36. The van der Waals surface area contributed by atoms with E-state index in [-0.39, 0.29) is 17.7 Å². The van der Waals surface area contributed by atoms with Crippen molar-refractivity contribution >= 4 is 11.9 Å². The van der Waals surface area contributed by atoms with Gasteiger partial charge in [-0.05, 0) is 26.2 Å². The predicted molar refractivity (Wildman–Crippen MR) is 71.7 cm³/mol. The lowest BCUT2D eigenvalue weighted by molar-refractivity contribution is -0.145. The molecule has 0 aliphatic carbocycles. The Bertz CT molecular complexity index is 347. The zero-order chi connectivity index (χ0) is 14.4. The van der Waals surface area contributed by atoms with Gasteiger partial charge in [-0.15, -0.1) is 6.58 Å². The fourth-order valence-electron chi connectivity index (χ4n) is 2.32. The van der Waals surface area contributed by atoms with Crippen molar-refractivity contribution in [3.63, 3.8) is 0 Å². The Morgan fingerprint density at radius 1 is 1.53 bits per heavy atom. The first-order chi connectivity index (χ1) is 8.91. The van der Waals surface area contributed by atoms with Gasteiger partial charge >= 0.3 is 5.97 Å². The molecule has 19 heavy (non-hydrogen) atoms. The molecule has 1 rings (SSSR count). The fraction of sp³-hybridized carbons (Fsp3) is 0.714. The average molecular weight is 269 g/mol. The Morgan fingerprint density at radius 3 is 2.68 bits per heavy atom. The van der Waals surface area contributed by atoms with Crippen LogP contribution in [0.5, 0.6) is 0 Å². The molecule has 0 aromatic heterocycles. The molecule has 3 atom stereocenters. The second kappa shape index (κ2) is 7.28. The van der Waals surface area contributed by atoms with Crippen LogP contribution in [0, 0.1) is 11.8 Å². The molecular formula is C14H23NO4. The SMILES string of the molecule is C=C(C)CC(C)C(=O)NC(C(=O)O)C1CCCOC1. The van der Waals surface area contributed by atoms with Crippen molar-refractivity contribution in [2.24, 2.45) is 11.8 Å². The summed E-state index contributed by atoms with van der Waals surface area (Å²) in [6, 6.07) is -0.861. The minimum absolute atomic E-state index is 0.146. The first kappa shape index (κ1) is 15.7. The van der Waals surface area contributed by atoms with E-state index in [0.717, 1.165) is 18.4 Å². The number of hydrogen-bond donors (Lipinski definition) is 2. The molecule has 3 unspecified atom stereocenters. The smallest absolute Gasteiger partial charge is 0.326 e. The molecule has 1 saturated heterocycles. The molecule has 1 aliphatic rings. The normalized spacial score (nSPS) is 22.3. The van der Waals surface area contributed by atoms with Crippen LogP contribution in [0.15, 0.2) is 12.2 Å². The summed E-state index contributed by atoms with van der Waals surface area (Å²) >= 11 is 0. The number of rotatable bonds is 6. The Balaban J connectivity index is 2.59. The average Bonchev–Trinajstić information content (AvgIpc) is 2.35. The first-order valence-corrected chi connectivity index (χ1v) is 6.67. The van der Waals surface area contributed by atoms with Gasteiger partial charge < -0.3 is 15.2 Å². The Labute approximate surface area is 114 Å². The zero-order valence-electron chi connectivity index (χ0n) is 11.6. The molecule has 1 heterocycles. The van der Waals surface area contributed by atoms with E-state index in [1.165, 1.54) is 0 Å². The van der Waals surface area contributed by atoms with Crippen molar-refractivity contribution < 1.29 is 19.4 Å². The van der Waals surface area contributed by atoms with E-state index in [1.54, 1.807) is 6.92 Å². The number of carbonyl (C=O) groups excluding carboxylic acids is 1. The summed E-state index contributed by atoms with van der Waals surface area (Å²) in [5.41, 5.74) is 0.913. The molecule has 108 valence electrons. The van der Waals surface area contributed by atoms with Crippen LogP contribution in [0.2, 0.25) is 0 Å². The van der Waals surface area contributed by atoms with Gasteiger partial charge in [0.1, 0.15) is 6.04 Å². The quantitative estimate of drug-likeness (QED) is 0.718. The number of ether oxygens (including phenoxy) is 1. The zero-order valence-corrected chi connectivity index (χ0v) is 11.6. The molecule has 0 bridgehead atoms. The maximum Gasteiger partial charge on any atom is 0.326 e. The van der Waals surface area contributed by atoms with Gasteiger partial charge in [0.25, 0.3) is 0 Å². The van der Waals surface area contributed by atoms with Crippen LogP contribution in [-0.4, -0.2) is 36.2 Å². The van der Waals surface area contributed by atoms with Crippen LogP contribution in [0.1, 0.15) is 33.1 Å². The molecular weight excluding hydrogens is 246 g/mol. The number of hydrogen-bond acceptors (Lipinski definition) is 3. The van der Waals surface area contributed by atoms with Gasteiger partial charge in [0, 0.05) is 18.4 Å². The van der Waals surface area contributed by atoms with Crippen LogP contribution in [-0.2, 0) is 14.3 Å². The summed E-state index contributed by atoms with van der Waals surface area (Å²) in [5, 5.41) is 11.9. The van der Waals surface area contributed by atoms with Gasteiger partial charge in [-0.25, -0.2) is 4.79 Å². The number of allylic oxidation sites excluding steroid dienone is 1. The van der Waals surface area contributed by atoms with E-state index in [1.807, 2.05) is 6.92 Å². The van der Waals surface area contributed by atoms with Crippen molar-refractivity contribution in [2.45, 2.75) is 39.2 Å². The molecule has 5 nitrogen and oxygen atoms in total. The van der Waals surface area contributed by atoms with E-state index in [0.29, 0.717) is 19.6 Å². The van der Waals surface area contributed by atoms with E-state index in [4.69, 9.17) is 4.74 Å². The van der Waals surface area contributed by atoms with Crippen LogP contribution in [0.4, 0.5) is 0 Å². The molecule has 0 aromatic rings. The third-order valence-corrected chi connectivity index (χ3v) is 3.33. The summed E-state index contributed by atoms with van der Waals surface area (Å²) in [6.45, 7) is 8.46. The third kappa shape index (κ3) is 5.03. The van der Waals surface area contributed by atoms with Crippen molar-refractivity contribution in [1.82, 2.24) is 5.32 Å². The van der Waals surface area contributed by atoms with E-state index < -0.39 is 12.0 Å². The standard InChI is InChI=1S/C14H23NO4/c1-9(2)7-10(3)13(16)15-12(14(17)18)11-5-4-6-19-8-11/h10-12H,1,4-8H2,2-3H3,(H,15,16)(H,17,18). The molecule has 0 aromatic carbocycles. The Morgan fingerprint density at radius 2 is 2.21 bits per heavy atom. The highest BCUT2D eigenvalue weighted by Crippen LogP contribution is 2.19. The maximum absolute atomic E-state index is 12.0. The second-order valence-electron chi connectivity index (χ2n) is 5.36. The van der Waals surface area contributed by atoms with E-state index in [9.17, 15) is 14.7 Å². The minimum atomic E-state index is -0.994. The van der Waals surface area contributed by atoms with E-state index in [2.05, 4.69) is 11.9 Å². The molecule has 5 heteroatoms. The molecule has 0 radical (unpaired) electrons. The highest BCUT2D eigenvalue weighted by molar-refractivity contribution is 5.85. The molecule has 1 amide bonds. The van der Waals surface area contributed by atoms with Crippen LogP contribution < -0.4 is 5.32 Å². The van der Waals surface area contributed by atoms with Gasteiger partial charge in [-0.3, -0.25) is 4.79 Å². The van der Waals surface area contributed by atoms with Gasteiger partial charge in [0.05, 0.1) is 6.61 Å². The fourth-order valence-corrected chi connectivity index (χ4v) is 2.32. The van der Waals surface area contributed by atoms with Crippen molar-refractivity contribution in [2.75, 3.05) is 13.2 Å². The van der Waals surface area contributed by atoms with Crippen LogP contribution in [0.3, 0.4) is 0 Å². The molecule has 0 spiro atoms. The second-order valence-corrected chi connectivity index (χ2v) is 5.36. The van der Waals surface area contributed by atoms with Crippen molar-refractivity contribution in [3.05, 3.63) is 12.2 Å². The highest BCUT2D eigenvalue weighted by atomic mass is 16.5. The summed E-state index contributed by atoms with van der Waals surface area (Å²) in [4.78, 5) is 23.3. The lowest BCUT2D eigenvalue weighted by Gasteiger charge is -2.28. The highest BCUT2D eigenvalue weighted by Gasteiger charge is 2.32. The topological polar surface area (TPSA) is 75.6 Å². The molecule has 1 fully saturated rings. The van der Waals surface area contributed by atoms with Crippen molar-refractivity contribution in [1.29, 1.82) is 0 Å². The van der Waals surface area contributed by atoms with Gasteiger partial charge in [0.2, 0.25) is 5.91 Å². The molecule has 1 aliphatic heterocycles. The number of amides is 1. The van der Waals surface area contributed by atoms with Gasteiger partial charge in [-0.1, -0.05) is 12.5 Å². The maximum atomic E-state index is 12.0. The van der Waals surface area contributed by atoms with Gasteiger partial charge in [-0.2, -0.15) is 0 Å². The van der Waals surface area contributed by atoms with Gasteiger partial charge in [0.15, 0.2) is 0 Å². The largest absolute Gasteiger partial charge is 0.480 e. The monoisotopic (exact) mass is 269 g/mol. The summed E-state index contributed by atoms with van der Waals surface area (Å²) in [6.07, 6.45) is 2.18. The Kier molecular flexibility index (Phi) is 6.02. The minimum Gasteiger partial charge on any atom is -0.480 e. The molecule has 2 N–H and O–H groups in total. The summed E-state index contributed by atoms with van der Waals surface area (Å²) in [5.74, 6) is -1.64. The predicted octanol–water partition coefficient (Wildman–Crippen LogP) is 1.58. The lowest BCUT2D eigenvalue weighted by Crippen LogP contribution is -2.49. The van der Waals surface area contributed by atoms with Crippen LogP contribution in [0.25, 0.3) is 0 Å². The number of carboxylic acid groups (broad SMARTS) is 1. The molecule has 0 saturated carbocycles. The number of nitrogens with one attached hydrogen (secondary N) is 1. The first-order valence-electron chi connectivity index (χ1n) is 6.67.